The Morgan fingerprint density at radius 1 is 0.378 bits per heavy atom. The molecule has 4 N–H and O–H groups in total. The van der Waals surface area contributed by atoms with Crippen molar-refractivity contribution in [2.24, 2.45) is 20.0 Å². The van der Waals surface area contributed by atoms with Gasteiger partial charge in [0.1, 0.15) is 23.0 Å². The van der Waals surface area contributed by atoms with Gasteiger partial charge in [0.15, 0.2) is 0 Å². The second kappa shape index (κ2) is 61.1. The van der Waals surface area contributed by atoms with Crippen molar-refractivity contribution in [3.63, 3.8) is 0 Å². The number of hydrogen-bond acceptors (Lipinski definition) is 16. The molecule has 0 spiro atoms. The van der Waals surface area contributed by atoms with Crippen molar-refractivity contribution in [3.8, 4) is 46.0 Å². The average molecular weight is 1290 g/mol. The Balaban J connectivity index is -0.000000218. The molecule has 4 aromatic carbocycles. The van der Waals surface area contributed by atoms with E-state index in [0.29, 0.717) is 45.3 Å². The molecule has 0 aliphatic heterocycles. The van der Waals surface area contributed by atoms with Crippen molar-refractivity contribution in [2.75, 3.05) is 137 Å². The second-order valence-electron chi connectivity index (χ2n) is 17.3. The molecule has 0 unspecified atom stereocenters. The summed E-state index contributed by atoms with van der Waals surface area (Å²) >= 11 is 14.8. The molecule has 0 saturated heterocycles. The summed E-state index contributed by atoms with van der Waals surface area (Å²) < 4.78 is 19.9. The Hall–Kier alpha value is -6.01. The molecule has 0 aliphatic carbocycles. The standard InChI is InChI=1S/4C13H20N2O2.4CNS.2Ni/c4*1-15(2)9-5-8-14-10-11-6-4-7-12(17-3)13(11)16;4*2-1-3;;/h4*4,6-7,10,16H,5,8-9H2,1-3H3;;;;;;/q;;;;4*-1;2*+2. The van der Waals surface area contributed by atoms with Gasteiger partial charge >= 0.3 is 33.0 Å². The van der Waals surface area contributed by atoms with Gasteiger partial charge in [-0.1, -0.05) is 120 Å². The zero-order valence-electron chi connectivity index (χ0n) is 48.8. The Kier molecular flexibility index (Phi) is 65.0. The van der Waals surface area contributed by atoms with Gasteiger partial charge in [-0.05, 0) is 46.5 Å². The number of nitrogens with zero attached hydrogens (tertiary/aromatic N) is 8. The van der Waals surface area contributed by atoms with Crippen LogP contribution in [0.3, 0.4) is 0 Å². The molecule has 0 amide bonds. The molecule has 0 atom stereocenters. The Labute approximate surface area is 528 Å². The van der Waals surface area contributed by atoms with E-state index in [-0.39, 0.29) is 56.0 Å². The maximum atomic E-state index is 11.8. The fourth-order valence-corrected chi connectivity index (χ4v) is 5.93. The normalized spacial score (nSPS) is 9.76. The fourth-order valence-electron chi connectivity index (χ4n) is 5.93. The van der Waals surface area contributed by atoms with Crippen molar-refractivity contribution in [1.82, 2.24) is 0 Å². The summed E-state index contributed by atoms with van der Waals surface area (Å²) in [5.74, 6) is 1.07. The summed E-state index contributed by atoms with van der Waals surface area (Å²) in [6.07, 6.45) is 10.6. The Morgan fingerprint density at radius 3 is 0.671 bits per heavy atom. The van der Waals surface area contributed by atoms with Crippen molar-refractivity contribution in [2.45, 2.75) is 25.7 Å². The zero-order valence-corrected chi connectivity index (χ0v) is 54.1. The first-order valence-electron chi connectivity index (χ1n) is 24.8. The number of quaternary nitrogens is 4. The topological polar surface area (TPSA) is 286 Å². The summed E-state index contributed by atoms with van der Waals surface area (Å²) in [5, 5.41) is 80.9. The van der Waals surface area contributed by atoms with Crippen molar-refractivity contribution < 1.29 is 92.0 Å². The van der Waals surface area contributed by atoms with Crippen LogP contribution >= 0.6 is 48.9 Å². The molecule has 0 radical (unpaired) electrons. The minimum absolute atomic E-state index is 0. The number of aliphatic imine (C=N–C) groups is 4. The van der Waals surface area contributed by atoms with Crippen molar-refractivity contribution >= 4 is 94.4 Å². The first-order chi connectivity index (χ1) is 38.2. The maximum Gasteiger partial charge on any atom is 2.00 e. The van der Waals surface area contributed by atoms with E-state index < -0.39 is 0 Å². The first-order valence-corrected chi connectivity index (χ1v) is 26.5. The predicted molar refractivity (Wildman–Crippen MR) is 333 cm³/mol. The molecule has 0 aliphatic rings. The number of hydrogen-bond donors (Lipinski definition) is 4. The molecule has 20 nitrogen and oxygen atoms in total. The van der Waals surface area contributed by atoms with Crippen molar-refractivity contribution in [3.05, 3.63) is 117 Å². The number of methoxy groups -OCH3 is 4. The quantitative estimate of drug-likeness (QED) is 0.0336. The van der Waals surface area contributed by atoms with Crippen LogP contribution in [-0.2, 0) is 33.0 Å². The van der Waals surface area contributed by atoms with Gasteiger partial charge < -0.3 is 80.6 Å². The van der Waals surface area contributed by atoms with Crippen LogP contribution in [0.1, 0.15) is 47.9 Å². The van der Waals surface area contributed by atoms with Gasteiger partial charge in [0.2, 0.25) is 0 Å². The molecule has 0 fully saturated rings. The summed E-state index contributed by atoms with van der Waals surface area (Å²) in [4.78, 5) is 22.7. The molecule has 4 rings (SSSR count). The Morgan fingerprint density at radius 2 is 0.537 bits per heavy atom. The van der Waals surface area contributed by atoms with E-state index >= 15 is 0 Å². The van der Waals surface area contributed by atoms with Gasteiger partial charge in [-0.2, -0.15) is 20.6 Å². The van der Waals surface area contributed by atoms with E-state index in [4.69, 9.17) is 40.6 Å². The van der Waals surface area contributed by atoms with Crippen LogP contribution in [0.2, 0.25) is 0 Å². The monoisotopic (exact) mass is 1290 g/mol. The van der Waals surface area contributed by atoms with Crippen LogP contribution in [0.5, 0.6) is 46.0 Å². The third-order valence-corrected chi connectivity index (χ3v) is 9.69. The fraction of sp³-hybridized carbons (Fsp3) is 0.429. The predicted octanol–water partition coefficient (Wildman–Crippen LogP) is 1.52. The van der Waals surface area contributed by atoms with Gasteiger partial charge in [-0.3, -0.25) is 20.0 Å². The third kappa shape index (κ3) is 48.7. The Bertz CT molecular complexity index is 2180. The summed E-state index contributed by atoms with van der Waals surface area (Å²) in [5.41, 5.74) is 2.34. The molecule has 456 valence electrons. The third-order valence-electron chi connectivity index (χ3n) is 9.69. The van der Waals surface area contributed by atoms with Crippen LogP contribution in [-0.4, -0.2) is 183 Å². The molecule has 82 heavy (non-hydrogen) atoms. The van der Waals surface area contributed by atoms with Crippen LogP contribution < -0.4 is 59.0 Å². The molecule has 0 heterocycles. The van der Waals surface area contributed by atoms with Crippen LogP contribution in [0.25, 0.3) is 21.6 Å². The second-order valence-corrected chi connectivity index (χ2v) is 18.0. The SMILES string of the molecule is COc1cccc(C=NCCC[NH+](C)C)c1[O-].COc1cccc(C=NCCC[NH+](C)C)c1[O-].COc1cccc(C=NCCC[NH+](C)C)c1[O-].COc1cccc(C=NCCC[NH+](C)C)c1[O-].[N-]=C=S.[N-]=C=S.[N-]=C=S.[N-]=C=S.[Ni+2].[Ni+2]. The van der Waals surface area contributed by atoms with E-state index in [9.17, 15) is 20.4 Å². The average Bonchev–Trinajstić information content (AvgIpc) is 3.41. The van der Waals surface area contributed by atoms with Crippen molar-refractivity contribution in [1.29, 1.82) is 0 Å². The number of para-hydroxylation sites is 4. The van der Waals surface area contributed by atoms with Crippen LogP contribution in [0.15, 0.2) is 92.8 Å². The largest absolute Gasteiger partial charge is 2.00 e. The van der Waals surface area contributed by atoms with E-state index in [1.165, 1.54) is 68.7 Å². The number of ether oxygens (including phenoxy) is 4. The minimum atomic E-state index is -0.100. The van der Waals surface area contributed by atoms with E-state index in [1.54, 1.807) is 97.7 Å². The van der Waals surface area contributed by atoms with Gasteiger partial charge in [0.05, 0.1) is 111 Å². The molecule has 4 aromatic rings. The summed E-state index contributed by atoms with van der Waals surface area (Å²) in [7, 11) is 22.9. The van der Waals surface area contributed by atoms with Crippen LogP contribution in [0, 0.1) is 0 Å². The van der Waals surface area contributed by atoms with E-state index in [2.05, 4.69) is 125 Å². The molecule has 0 saturated carbocycles. The van der Waals surface area contributed by atoms with E-state index in [0.717, 1.165) is 78.0 Å². The first kappa shape index (κ1) is 87.2. The molecule has 26 heteroatoms. The number of isothiocyanates is 4. The number of thiocarbonyl (C=S) groups is 4. The maximum absolute atomic E-state index is 11.8. The number of rotatable bonds is 24. The number of nitrogens with one attached hydrogen (secondary N) is 4. The summed E-state index contributed by atoms with van der Waals surface area (Å²) in [6, 6.07) is 20.9. The zero-order chi connectivity index (χ0) is 61.5. The van der Waals surface area contributed by atoms with Crippen LogP contribution in [0.4, 0.5) is 0 Å². The molecular formula is C56H80N12Ni2O8S4. The minimum Gasteiger partial charge on any atom is -0.870 e. The number of benzene rings is 4. The van der Waals surface area contributed by atoms with Gasteiger partial charge in [-0.25, -0.2) is 0 Å². The molecule has 0 aromatic heterocycles. The van der Waals surface area contributed by atoms with Gasteiger partial charge in [-0.15, -0.1) is 0 Å². The van der Waals surface area contributed by atoms with Gasteiger partial charge in [0.25, 0.3) is 0 Å². The van der Waals surface area contributed by atoms with E-state index in [1.807, 2.05) is 0 Å². The molecule has 0 bridgehead atoms. The molecular weight excluding hydrogens is 1210 g/mol. The van der Waals surface area contributed by atoms with Gasteiger partial charge in [0, 0.05) is 76.7 Å². The summed E-state index contributed by atoms with van der Waals surface area (Å²) in [6.45, 7) is 7.34. The smallest absolute Gasteiger partial charge is 0.870 e.